The van der Waals surface area contributed by atoms with Crippen LogP contribution in [0.2, 0.25) is 0 Å². The van der Waals surface area contributed by atoms with Crippen molar-refractivity contribution in [1.29, 1.82) is 0 Å². The quantitative estimate of drug-likeness (QED) is 0.629. The minimum Gasteiger partial charge on any atom is -0.463 e. The molecule has 114 valence electrons. The largest absolute Gasteiger partial charge is 0.463 e. The number of anilines is 1. The fraction of sp³-hybridized carbons (Fsp3) is 0.786. The van der Waals surface area contributed by atoms with Crippen molar-refractivity contribution in [2.24, 2.45) is 0 Å². The molecule has 0 aromatic carbocycles. The maximum absolute atomic E-state index is 5.57. The van der Waals surface area contributed by atoms with Crippen LogP contribution < -0.4 is 14.8 Å². The standard InChI is InChI=1S/C14H26N4O2/c1-4-7-8-11-20-14-17-12(15-9-5-2)16-13(18-14)19-10-6-3/h4-11H2,1-3H3,(H,15,16,17,18). The van der Waals surface area contributed by atoms with E-state index in [1.165, 1.54) is 0 Å². The first-order valence-electron chi connectivity index (χ1n) is 7.55. The summed E-state index contributed by atoms with van der Waals surface area (Å²) in [6, 6.07) is 0.659. The highest BCUT2D eigenvalue weighted by molar-refractivity contribution is 5.27. The molecule has 0 bridgehead atoms. The molecular weight excluding hydrogens is 256 g/mol. The summed E-state index contributed by atoms with van der Waals surface area (Å²) < 4.78 is 11.0. The van der Waals surface area contributed by atoms with Gasteiger partial charge in [-0.05, 0) is 19.3 Å². The summed E-state index contributed by atoms with van der Waals surface area (Å²) in [7, 11) is 0. The molecule has 0 unspecified atom stereocenters. The number of aromatic nitrogens is 3. The Labute approximate surface area is 121 Å². The van der Waals surface area contributed by atoms with Gasteiger partial charge in [0.25, 0.3) is 0 Å². The molecule has 1 heterocycles. The van der Waals surface area contributed by atoms with Gasteiger partial charge in [0.1, 0.15) is 0 Å². The van der Waals surface area contributed by atoms with Crippen molar-refractivity contribution in [3.8, 4) is 12.0 Å². The number of rotatable bonds is 11. The molecule has 0 aliphatic heterocycles. The van der Waals surface area contributed by atoms with Gasteiger partial charge in [0, 0.05) is 6.54 Å². The second kappa shape index (κ2) is 10.2. The SMILES string of the molecule is CCCCCOc1nc(NCCC)nc(OCCC)n1. The molecule has 0 aliphatic carbocycles. The smallest absolute Gasteiger partial charge is 0.324 e. The van der Waals surface area contributed by atoms with Crippen LogP contribution in [0.15, 0.2) is 0 Å². The molecular formula is C14H26N4O2. The topological polar surface area (TPSA) is 69.2 Å². The third kappa shape index (κ3) is 6.54. The fourth-order valence-corrected chi connectivity index (χ4v) is 1.49. The van der Waals surface area contributed by atoms with Gasteiger partial charge >= 0.3 is 12.0 Å². The normalized spacial score (nSPS) is 10.3. The molecule has 0 radical (unpaired) electrons. The summed E-state index contributed by atoms with van der Waals surface area (Å²) in [6.07, 6.45) is 5.23. The lowest BCUT2D eigenvalue weighted by atomic mass is 10.3. The van der Waals surface area contributed by atoms with E-state index in [2.05, 4.69) is 34.1 Å². The average Bonchev–Trinajstić information content (AvgIpc) is 2.47. The van der Waals surface area contributed by atoms with Crippen LogP contribution in [0.1, 0.15) is 52.9 Å². The molecule has 0 fully saturated rings. The van der Waals surface area contributed by atoms with Gasteiger partial charge in [0.15, 0.2) is 0 Å². The molecule has 1 rings (SSSR count). The first-order chi connectivity index (χ1) is 9.80. The van der Waals surface area contributed by atoms with E-state index in [1.54, 1.807) is 0 Å². The fourth-order valence-electron chi connectivity index (χ4n) is 1.49. The van der Waals surface area contributed by atoms with Crippen molar-refractivity contribution in [1.82, 2.24) is 15.0 Å². The predicted molar refractivity (Wildman–Crippen MR) is 79.4 cm³/mol. The van der Waals surface area contributed by atoms with Crippen LogP contribution in [0.4, 0.5) is 5.95 Å². The number of hydrogen-bond donors (Lipinski definition) is 1. The van der Waals surface area contributed by atoms with E-state index < -0.39 is 0 Å². The first-order valence-corrected chi connectivity index (χ1v) is 7.55. The van der Waals surface area contributed by atoms with Crippen molar-refractivity contribution < 1.29 is 9.47 Å². The first kappa shape index (κ1) is 16.5. The molecule has 1 aromatic rings. The maximum Gasteiger partial charge on any atom is 0.324 e. The lowest BCUT2D eigenvalue weighted by Gasteiger charge is -2.09. The van der Waals surface area contributed by atoms with E-state index >= 15 is 0 Å². The van der Waals surface area contributed by atoms with E-state index in [9.17, 15) is 0 Å². The van der Waals surface area contributed by atoms with E-state index in [1.807, 2.05) is 6.92 Å². The number of nitrogens with zero attached hydrogens (tertiary/aromatic N) is 3. The summed E-state index contributed by atoms with van der Waals surface area (Å²) >= 11 is 0. The summed E-state index contributed by atoms with van der Waals surface area (Å²) in [5.74, 6) is 0.512. The lowest BCUT2D eigenvalue weighted by Crippen LogP contribution is -2.10. The molecule has 0 saturated carbocycles. The van der Waals surface area contributed by atoms with Gasteiger partial charge in [0.2, 0.25) is 5.95 Å². The second-order valence-corrected chi connectivity index (χ2v) is 4.55. The van der Waals surface area contributed by atoms with Gasteiger partial charge in [-0.1, -0.05) is 33.6 Å². The van der Waals surface area contributed by atoms with Crippen molar-refractivity contribution in [2.45, 2.75) is 52.9 Å². The van der Waals surface area contributed by atoms with Crippen molar-refractivity contribution >= 4 is 5.95 Å². The molecule has 20 heavy (non-hydrogen) atoms. The molecule has 0 spiro atoms. The van der Waals surface area contributed by atoms with Crippen molar-refractivity contribution in [2.75, 3.05) is 25.1 Å². The number of ether oxygens (including phenoxy) is 2. The van der Waals surface area contributed by atoms with Crippen LogP contribution in [0, 0.1) is 0 Å². The monoisotopic (exact) mass is 282 g/mol. The third-order valence-corrected chi connectivity index (χ3v) is 2.54. The minimum atomic E-state index is 0.325. The summed E-state index contributed by atoms with van der Waals surface area (Å²) in [5.41, 5.74) is 0. The lowest BCUT2D eigenvalue weighted by molar-refractivity contribution is 0.258. The zero-order chi connectivity index (χ0) is 14.6. The molecule has 6 heteroatoms. The zero-order valence-electron chi connectivity index (χ0n) is 12.8. The highest BCUT2D eigenvalue weighted by Crippen LogP contribution is 2.13. The number of unbranched alkanes of at least 4 members (excludes halogenated alkanes) is 2. The Hall–Kier alpha value is -1.59. The van der Waals surface area contributed by atoms with Crippen LogP contribution in [0.3, 0.4) is 0 Å². The Morgan fingerprint density at radius 1 is 0.800 bits per heavy atom. The zero-order valence-corrected chi connectivity index (χ0v) is 12.8. The Kier molecular flexibility index (Phi) is 8.42. The summed E-state index contributed by atoms with van der Waals surface area (Å²) in [4.78, 5) is 12.6. The number of hydrogen-bond acceptors (Lipinski definition) is 6. The van der Waals surface area contributed by atoms with Crippen LogP contribution in [0.5, 0.6) is 12.0 Å². The van der Waals surface area contributed by atoms with Gasteiger partial charge in [-0.2, -0.15) is 9.97 Å². The Morgan fingerprint density at radius 3 is 2.10 bits per heavy atom. The van der Waals surface area contributed by atoms with Gasteiger partial charge in [-0.3, -0.25) is 0 Å². The molecule has 1 aromatic heterocycles. The summed E-state index contributed by atoms with van der Waals surface area (Å²) in [5, 5.41) is 3.13. The molecule has 0 saturated heterocycles. The van der Waals surface area contributed by atoms with Gasteiger partial charge in [0.05, 0.1) is 13.2 Å². The summed E-state index contributed by atoms with van der Waals surface area (Å²) in [6.45, 7) is 8.31. The van der Waals surface area contributed by atoms with Crippen LogP contribution in [-0.4, -0.2) is 34.7 Å². The molecule has 6 nitrogen and oxygen atoms in total. The molecule has 0 amide bonds. The molecule has 1 N–H and O–H groups in total. The Bertz CT molecular complexity index is 348. The van der Waals surface area contributed by atoms with Gasteiger partial charge in [-0.15, -0.1) is 4.98 Å². The maximum atomic E-state index is 5.57. The molecule has 0 aliphatic rings. The van der Waals surface area contributed by atoms with E-state index in [4.69, 9.17) is 9.47 Å². The Balaban J connectivity index is 2.64. The van der Waals surface area contributed by atoms with Crippen LogP contribution in [-0.2, 0) is 0 Å². The van der Waals surface area contributed by atoms with Gasteiger partial charge in [-0.25, -0.2) is 0 Å². The number of nitrogens with one attached hydrogen (secondary N) is 1. The third-order valence-electron chi connectivity index (χ3n) is 2.54. The van der Waals surface area contributed by atoms with Crippen LogP contribution in [0.25, 0.3) is 0 Å². The highest BCUT2D eigenvalue weighted by Gasteiger charge is 2.08. The van der Waals surface area contributed by atoms with Crippen LogP contribution >= 0.6 is 0 Å². The predicted octanol–water partition coefficient (Wildman–Crippen LogP) is 3.05. The van der Waals surface area contributed by atoms with E-state index in [0.29, 0.717) is 31.2 Å². The average molecular weight is 282 g/mol. The minimum absolute atomic E-state index is 0.325. The second-order valence-electron chi connectivity index (χ2n) is 4.55. The van der Waals surface area contributed by atoms with Crippen molar-refractivity contribution in [3.05, 3.63) is 0 Å². The highest BCUT2D eigenvalue weighted by atomic mass is 16.5. The van der Waals surface area contributed by atoms with Crippen molar-refractivity contribution in [3.63, 3.8) is 0 Å². The molecule has 0 atom stereocenters. The van der Waals surface area contributed by atoms with E-state index in [0.717, 1.165) is 38.6 Å². The Morgan fingerprint density at radius 2 is 1.50 bits per heavy atom. The van der Waals surface area contributed by atoms with E-state index in [-0.39, 0.29) is 0 Å². The van der Waals surface area contributed by atoms with Gasteiger partial charge < -0.3 is 14.8 Å².